The highest BCUT2D eigenvalue weighted by molar-refractivity contribution is 7.92. The Hall–Kier alpha value is -5.37. The first-order valence-corrected chi connectivity index (χ1v) is 17.1. The molecular weight excluding hydrogens is 678 g/mol. The molecule has 0 fully saturated rings. The average molecular weight is 710 g/mol. The van der Waals surface area contributed by atoms with Gasteiger partial charge in [-0.15, -0.1) is 0 Å². The smallest absolute Gasteiger partial charge is 0.255 e. The summed E-state index contributed by atoms with van der Waals surface area (Å²) >= 11 is 0. The summed E-state index contributed by atoms with van der Waals surface area (Å²) in [7, 11) is -1.37. The number of benzene rings is 4. The Labute approximate surface area is 284 Å². The fraction of sp³-hybridized carbons (Fsp3) is 0.222. The Kier molecular flexibility index (Phi) is 9.08. The number of rotatable bonds is 11. The summed E-state index contributed by atoms with van der Waals surface area (Å²) in [6.45, 7) is -1.63. The number of alkyl halides is 2. The Morgan fingerprint density at radius 3 is 2.26 bits per heavy atom. The number of hydrogen-bond donors (Lipinski definition) is 1. The number of ether oxygens (including phenoxy) is 1. The van der Waals surface area contributed by atoms with Crippen LogP contribution < -0.4 is 14.4 Å². The van der Waals surface area contributed by atoms with Crippen LogP contribution in [0.3, 0.4) is 0 Å². The topological polar surface area (TPSA) is 115 Å². The Balaban J connectivity index is 1.68. The second-order valence-electron chi connectivity index (χ2n) is 12.1. The van der Waals surface area contributed by atoms with E-state index in [0.717, 1.165) is 10.6 Å². The van der Waals surface area contributed by atoms with Gasteiger partial charge in [-0.05, 0) is 60.2 Å². The van der Waals surface area contributed by atoms with Gasteiger partial charge in [0.25, 0.3) is 5.91 Å². The number of sulfonamides is 1. The van der Waals surface area contributed by atoms with Crippen LogP contribution in [0.1, 0.15) is 17.3 Å². The average Bonchev–Trinajstić information content (AvgIpc) is 3.72. The van der Waals surface area contributed by atoms with Gasteiger partial charge < -0.3 is 18.9 Å². The van der Waals surface area contributed by atoms with Crippen LogP contribution in [0.2, 0.25) is 0 Å². The van der Waals surface area contributed by atoms with Crippen molar-refractivity contribution in [3.05, 3.63) is 90.0 Å². The Morgan fingerprint density at radius 1 is 0.940 bits per heavy atom. The molecule has 2 heterocycles. The molecule has 0 bridgehead atoms. The number of nitrogens with one attached hydrogen (secondary N) is 1. The largest absolute Gasteiger partial charge is 0.496 e. The van der Waals surface area contributed by atoms with Crippen molar-refractivity contribution in [1.82, 2.24) is 10.3 Å². The van der Waals surface area contributed by atoms with Crippen molar-refractivity contribution in [2.75, 3.05) is 44.6 Å². The minimum Gasteiger partial charge on any atom is -0.496 e. The van der Waals surface area contributed by atoms with Crippen LogP contribution in [-0.4, -0.2) is 59.6 Å². The molecule has 2 aromatic heterocycles. The van der Waals surface area contributed by atoms with Crippen LogP contribution in [0.5, 0.6) is 5.75 Å². The number of oxazole rings is 1. The first-order chi connectivity index (χ1) is 23.8. The normalized spacial score (nSPS) is 12.1. The minimum absolute atomic E-state index is 0.00166. The highest BCUT2D eigenvalue weighted by atomic mass is 32.2. The maximum Gasteiger partial charge on any atom is 0.255 e. The summed E-state index contributed by atoms with van der Waals surface area (Å²) in [5.74, 6) is -1.30. The van der Waals surface area contributed by atoms with Crippen LogP contribution in [0, 0.1) is 17.0 Å². The lowest BCUT2D eigenvalue weighted by Gasteiger charge is -2.32. The van der Waals surface area contributed by atoms with Crippen LogP contribution in [-0.2, 0) is 10.0 Å². The van der Waals surface area contributed by atoms with Crippen LogP contribution in [0.15, 0.2) is 81.6 Å². The van der Waals surface area contributed by atoms with E-state index in [1.54, 1.807) is 24.3 Å². The minimum atomic E-state index is -4.21. The Bertz CT molecular complexity index is 2350. The molecule has 1 amide bonds. The summed E-state index contributed by atoms with van der Waals surface area (Å²) in [5.41, 5.74) is -0.213. The molecule has 6 rings (SSSR count). The zero-order chi connectivity index (χ0) is 36.0. The van der Waals surface area contributed by atoms with Gasteiger partial charge >= 0.3 is 0 Å². The number of halogens is 4. The van der Waals surface area contributed by atoms with Gasteiger partial charge in [0.2, 0.25) is 15.9 Å². The molecule has 14 heteroatoms. The monoisotopic (exact) mass is 709 g/mol. The van der Waals surface area contributed by atoms with Crippen molar-refractivity contribution in [2.24, 2.45) is 5.41 Å². The van der Waals surface area contributed by atoms with E-state index < -0.39 is 52.9 Å². The standard InChI is InChI=1S/C36H31F4N3O6S/c1-36(17-37,18-38)19-43(50(4,45)46)27-16-30-24(31(34(44)41-2)33(48-30)20-8-11-22(39)12-9-20)15-23(27)21-10-13-28(47-3)25(14-21)35-42-32-26(40)6-5-7-29(32)49-35/h5-16H,17-19H2,1-4H3,(H,41,44). The van der Waals surface area contributed by atoms with E-state index in [4.69, 9.17) is 13.6 Å². The first kappa shape index (κ1) is 34.5. The maximum absolute atomic E-state index is 14.6. The van der Waals surface area contributed by atoms with Gasteiger partial charge in [-0.1, -0.05) is 19.1 Å². The van der Waals surface area contributed by atoms with Crippen molar-refractivity contribution in [3.8, 4) is 39.7 Å². The predicted octanol–water partition coefficient (Wildman–Crippen LogP) is 7.93. The highest BCUT2D eigenvalue weighted by Crippen LogP contribution is 2.44. The lowest BCUT2D eigenvalue weighted by Crippen LogP contribution is -2.42. The van der Waals surface area contributed by atoms with Gasteiger partial charge in [-0.25, -0.2) is 22.2 Å². The van der Waals surface area contributed by atoms with E-state index in [2.05, 4.69) is 10.3 Å². The number of anilines is 1. The number of aromatic nitrogens is 1. The zero-order valence-corrected chi connectivity index (χ0v) is 28.1. The summed E-state index contributed by atoms with van der Waals surface area (Å²) in [5, 5.41) is 2.84. The van der Waals surface area contributed by atoms with Crippen LogP contribution in [0.4, 0.5) is 23.2 Å². The number of hydrogen-bond acceptors (Lipinski definition) is 7. The Morgan fingerprint density at radius 2 is 1.64 bits per heavy atom. The molecule has 9 nitrogen and oxygen atoms in total. The number of nitrogens with zero attached hydrogens (tertiary/aromatic N) is 2. The molecule has 0 aliphatic heterocycles. The third kappa shape index (κ3) is 6.26. The number of methoxy groups -OCH3 is 1. The quantitative estimate of drug-likeness (QED) is 0.136. The second-order valence-corrected chi connectivity index (χ2v) is 14.0. The molecule has 0 saturated carbocycles. The molecule has 0 aliphatic carbocycles. The lowest BCUT2D eigenvalue weighted by atomic mass is 9.93. The molecule has 0 aliphatic rings. The zero-order valence-electron chi connectivity index (χ0n) is 27.3. The van der Waals surface area contributed by atoms with Crippen molar-refractivity contribution < 1.29 is 44.3 Å². The van der Waals surface area contributed by atoms with E-state index in [9.17, 15) is 30.8 Å². The molecule has 260 valence electrons. The number of fused-ring (bicyclic) bond motifs is 2. The number of carbonyl (C=O) groups excluding carboxylic acids is 1. The van der Waals surface area contributed by atoms with Gasteiger partial charge in [0.05, 0.1) is 43.5 Å². The molecular formula is C36H31F4N3O6S. The number of para-hydroxylation sites is 1. The summed E-state index contributed by atoms with van der Waals surface area (Å²) in [4.78, 5) is 17.7. The van der Waals surface area contributed by atoms with Gasteiger partial charge in [-0.3, -0.25) is 17.9 Å². The van der Waals surface area contributed by atoms with Gasteiger partial charge in [0.15, 0.2) is 11.4 Å². The van der Waals surface area contributed by atoms with E-state index in [-0.39, 0.29) is 56.1 Å². The van der Waals surface area contributed by atoms with Crippen molar-refractivity contribution in [1.29, 1.82) is 0 Å². The van der Waals surface area contributed by atoms with Crippen LogP contribution in [0.25, 0.3) is 56.0 Å². The summed E-state index contributed by atoms with van der Waals surface area (Å²) < 4.78 is 102. The van der Waals surface area contributed by atoms with Crippen molar-refractivity contribution in [3.63, 3.8) is 0 Å². The first-order valence-electron chi connectivity index (χ1n) is 15.2. The third-order valence-electron chi connectivity index (χ3n) is 8.32. The molecule has 6 aromatic rings. The van der Waals surface area contributed by atoms with Crippen molar-refractivity contribution in [2.45, 2.75) is 6.92 Å². The summed E-state index contributed by atoms with van der Waals surface area (Å²) in [6, 6.07) is 17.2. The molecule has 0 radical (unpaired) electrons. The number of amides is 1. The fourth-order valence-corrected chi connectivity index (χ4v) is 6.70. The van der Waals surface area contributed by atoms with E-state index in [1.165, 1.54) is 69.6 Å². The van der Waals surface area contributed by atoms with Gasteiger partial charge in [0.1, 0.15) is 28.4 Å². The number of furan rings is 1. The summed E-state index contributed by atoms with van der Waals surface area (Å²) in [6.07, 6.45) is 0.909. The molecule has 0 saturated heterocycles. The third-order valence-corrected chi connectivity index (χ3v) is 9.44. The van der Waals surface area contributed by atoms with E-state index >= 15 is 0 Å². The number of carbonyl (C=O) groups is 1. The van der Waals surface area contributed by atoms with E-state index in [0.29, 0.717) is 16.9 Å². The molecule has 0 spiro atoms. The van der Waals surface area contributed by atoms with Crippen LogP contribution >= 0.6 is 0 Å². The molecule has 0 atom stereocenters. The maximum atomic E-state index is 14.6. The molecule has 4 aromatic carbocycles. The molecule has 1 N–H and O–H groups in total. The predicted molar refractivity (Wildman–Crippen MR) is 182 cm³/mol. The lowest BCUT2D eigenvalue weighted by molar-refractivity contribution is 0.0964. The van der Waals surface area contributed by atoms with Gasteiger partial charge in [-0.2, -0.15) is 0 Å². The molecule has 50 heavy (non-hydrogen) atoms. The van der Waals surface area contributed by atoms with E-state index in [1.807, 2.05) is 0 Å². The SMILES string of the molecule is CNC(=O)c1c(-c2ccc(F)cc2)oc2cc(N(CC(C)(CF)CF)S(C)(=O)=O)c(-c3ccc(OC)c(-c4nc5c(F)cccc5o4)c3)cc12. The van der Waals surface area contributed by atoms with Gasteiger partial charge in [0, 0.05) is 41.6 Å². The van der Waals surface area contributed by atoms with Crippen molar-refractivity contribution >= 4 is 43.7 Å². The second kappa shape index (κ2) is 13.2. The highest BCUT2D eigenvalue weighted by Gasteiger charge is 2.34. The molecule has 0 unspecified atom stereocenters. The fourth-order valence-electron chi connectivity index (χ4n) is 5.65.